The average molecular weight is 288 g/mol. The van der Waals surface area contributed by atoms with Crippen molar-refractivity contribution in [2.45, 2.75) is 33.4 Å². The first-order valence-electron chi connectivity index (χ1n) is 7.23. The van der Waals surface area contributed by atoms with Crippen LogP contribution < -0.4 is 10.1 Å². The third-order valence-corrected chi connectivity index (χ3v) is 3.09. The van der Waals surface area contributed by atoms with Crippen molar-refractivity contribution in [3.05, 3.63) is 59.2 Å². The molecule has 2 rings (SSSR count). The Morgan fingerprint density at radius 2 is 2.10 bits per heavy atom. The fraction of sp³-hybridized carbons (Fsp3) is 0.353. The van der Waals surface area contributed by atoms with Crippen LogP contribution in [0.4, 0.5) is 4.39 Å². The first-order chi connectivity index (χ1) is 10.2. The average Bonchev–Trinajstić information content (AvgIpc) is 2.47. The molecule has 0 aliphatic heterocycles. The SMILES string of the molecule is CCCNCc1cc(F)ccc1OCc1cccc(C)n1. The van der Waals surface area contributed by atoms with E-state index in [1.807, 2.05) is 25.1 Å². The summed E-state index contributed by atoms with van der Waals surface area (Å²) in [7, 11) is 0. The fourth-order valence-corrected chi connectivity index (χ4v) is 2.06. The van der Waals surface area contributed by atoms with E-state index in [0.717, 1.165) is 29.9 Å². The number of pyridine rings is 1. The van der Waals surface area contributed by atoms with Gasteiger partial charge >= 0.3 is 0 Å². The second-order valence-electron chi connectivity index (χ2n) is 4.99. The molecule has 0 fully saturated rings. The van der Waals surface area contributed by atoms with Crippen molar-refractivity contribution in [1.29, 1.82) is 0 Å². The Balaban J connectivity index is 2.04. The summed E-state index contributed by atoms with van der Waals surface area (Å²) in [6.45, 7) is 5.92. The molecule has 1 aromatic heterocycles. The first kappa shape index (κ1) is 15.4. The summed E-state index contributed by atoms with van der Waals surface area (Å²) in [6.07, 6.45) is 1.04. The maximum atomic E-state index is 13.4. The molecule has 21 heavy (non-hydrogen) atoms. The van der Waals surface area contributed by atoms with Crippen LogP contribution in [0, 0.1) is 12.7 Å². The third-order valence-electron chi connectivity index (χ3n) is 3.09. The molecule has 1 aromatic carbocycles. The van der Waals surface area contributed by atoms with Gasteiger partial charge in [0.25, 0.3) is 0 Å². The summed E-state index contributed by atoms with van der Waals surface area (Å²) >= 11 is 0. The number of benzene rings is 1. The summed E-state index contributed by atoms with van der Waals surface area (Å²) in [5.41, 5.74) is 2.66. The lowest BCUT2D eigenvalue weighted by Gasteiger charge is -2.12. The molecule has 3 nitrogen and oxygen atoms in total. The molecule has 0 unspecified atom stereocenters. The van der Waals surface area contributed by atoms with Gasteiger partial charge in [-0.25, -0.2) is 4.39 Å². The van der Waals surface area contributed by atoms with Gasteiger partial charge in [0.05, 0.1) is 5.69 Å². The van der Waals surface area contributed by atoms with Gasteiger partial charge in [-0.15, -0.1) is 0 Å². The number of halogens is 1. The van der Waals surface area contributed by atoms with E-state index in [-0.39, 0.29) is 5.82 Å². The molecule has 1 N–H and O–H groups in total. The van der Waals surface area contributed by atoms with Crippen LogP contribution in [0.3, 0.4) is 0 Å². The predicted molar refractivity (Wildman–Crippen MR) is 81.7 cm³/mol. The normalized spacial score (nSPS) is 10.6. The number of ether oxygens (including phenoxy) is 1. The maximum absolute atomic E-state index is 13.4. The van der Waals surface area contributed by atoms with Crippen LogP contribution in [0.5, 0.6) is 5.75 Å². The summed E-state index contributed by atoms with van der Waals surface area (Å²) < 4.78 is 19.2. The van der Waals surface area contributed by atoms with E-state index in [9.17, 15) is 4.39 Å². The van der Waals surface area contributed by atoms with Crippen LogP contribution >= 0.6 is 0 Å². The van der Waals surface area contributed by atoms with Crippen molar-refractivity contribution in [2.75, 3.05) is 6.54 Å². The minimum absolute atomic E-state index is 0.246. The first-order valence-corrected chi connectivity index (χ1v) is 7.23. The number of rotatable bonds is 7. The second-order valence-corrected chi connectivity index (χ2v) is 4.99. The smallest absolute Gasteiger partial charge is 0.130 e. The molecule has 0 bridgehead atoms. The van der Waals surface area contributed by atoms with Crippen LogP contribution in [-0.4, -0.2) is 11.5 Å². The van der Waals surface area contributed by atoms with E-state index in [0.29, 0.717) is 18.9 Å². The van der Waals surface area contributed by atoms with Gasteiger partial charge < -0.3 is 10.1 Å². The van der Waals surface area contributed by atoms with Crippen molar-refractivity contribution in [2.24, 2.45) is 0 Å². The summed E-state index contributed by atoms with van der Waals surface area (Å²) in [6, 6.07) is 10.4. The van der Waals surface area contributed by atoms with E-state index in [1.54, 1.807) is 6.07 Å². The standard InChI is InChI=1S/C17H21FN2O/c1-3-9-19-11-14-10-15(18)7-8-17(14)21-12-16-6-4-5-13(2)20-16/h4-8,10,19H,3,9,11-12H2,1-2H3. The van der Waals surface area contributed by atoms with E-state index >= 15 is 0 Å². The molecule has 0 saturated carbocycles. The topological polar surface area (TPSA) is 34.1 Å². The van der Waals surface area contributed by atoms with Crippen LogP contribution in [0.25, 0.3) is 0 Å². The van der Waals surface area contributed by atoms with Gasteiger partial charge in [0.2, 0.25) is 0 Å². The highest BCUT2D eigenvalue weighted by Gasteiger charge is 2.06. The van der Waals surface area contributed by atoms with Gasteiger partial charge in [-0.1, -0.05) is 13.0 Å². The molecule has 1 heterocycles. The van der Waals surface area contributed by atoms with Crippen LogP contribution in [0.1, 0.15) is 30.3 Å². The largest absolute Gasteiger partial charge is 0.487 e. The molecular formula is C17H21FN2O. The van der Waals surface area contributed by atoms with Crippen molar-refractivity contribution in [3.63, 3.8) is 0 Å². The Morgan fingerprint density at radius 3 is 2.86 bits per heavy atom. The lowest BCUT2D eigenvalue weighted by Crippen LogP contribution is -2.15. The second kappa shape index (κ2) is 7.74. The fourth-order valence-electron chi connectivity index (χ4n) is 2.06. The van der Waals surface area contributed by atoms with E-state index in [4.69, 9.17) is 4.74 Å². The van der Waals surface area contributed by atoms with E-state index < -0.39 is 0 Å². The molecule has 0 amide bonds. The van der Waals surface area contributed by atoms with Crippen molar-refractivity contribution >= 4 is 0 Å². The van der Waals surface area contributed by atoms with Crippen molar-refractivity contribution < 1.29 is 9.13 Å². The Hall–Kier alpha value is -1.94. The number of aromatic nitrogens is 1. The van der Waals surface area contributed by atoms with Gasteiger partial charge in [0.15, 0.2) is 0 Å². The number of hydrogen-bond acceptors (Lipinski definition) is 3. The quantitative estimate of drug-likeness (QED) is 0.790. The minimum atomic E-state index is -0.246. The molecule has 0 atom stereocenters. The van der Waals surface area contributed by atoms with Crippen LogP contribution in [0.2, 0.25) is 0 Å². The molecule has 0 radical (unpaired) electrons. The number of nitrogens with zero attached hydrogens (tertiary/aromatic N) is 1. The highest BCUT2D eigenvalue weighted by atomic mass is 19.1. The van der Waals surface area contributed by atoms with Gasteiger partial charge in [-0.2, -0.15) is 0 Å². The summed E-state index contributed by atoms with van der Waals surface area (Å²) in [4.78, 5) is 4.40. The zero-order chi connectivity index (χ0) is 15.1. The highest BCUT2D eigenvalue weighted by molar-refractivity contribution is 5.34. The van der Waals surface area contributed by atoms with Gasteiger partial charge in [-0.3, -0.25) is 4.98 Å². The number of nitrogens with one attached hydrogen (secondary N) is 1. The van der Waals surface area contributed by atoms with Crippen LogP contribution in [-0.2, 0) is 13.2 Å². The summed E-state index contributed by atoms with van der Waals surface area (Å²) in [5.74, 6) is 0.452. The van der Waals surface area contributed by atoms with Crippen molar-refractivity contribution in [1.82, 2.24) is 10.3 Å². The number of hydrogen-bond donors (Lipinski definition) is 1. The summed E-state index contributed by atoms with van der Waals surface area (Å²) in [5, 5.41) is 3.26. The van der Waals surface area contributed by atoms with Crippen LogP contribution in [0.15, 0.2) is 36.4 Å². The molecular weight excluding hydrogens is 267 g/mol. The lowest BCUT2D eigenvalue weighted by molar-refractivity contribution is 0.296. The zero-order valence-corrected chi connectivity index (χ0v) is 12.5. The van der Waals surface area contributed by atoms with Gasteiger partial charge in [0.1, 0.15) is 18.2 Å². The maximum Gasteiger partial charge on any atom is 0.130 e. The number of aryl methyl sites for hydroxylation is 1. The molecule has 4 heteroatoms. The molecule has 2 aromatic rings. The molecule has 0 aliphatic carbocycles. The van der Waals surface area contributed by atoms with Gasteiger partial charge in [0, 0.05) is 17.8 Å². The van der Waals surface area contributed by atoms with E-state index in [2.05, 4.69) is 17.2 Å². The molecule has 0 spiro atoms. The molecule has 112 valence electrons. The Morgan fingerprint density at radius 1 is 1.24 bits per heavy atom. The molecule has 0 aliphatic rings. The predicted octanol–water partition coefficient (Wildman–Crippen LogP) is 3.61. The Labute approximate surface area is 125 Å². The Bertz CT molecular complexity index is 587. The highest BCUT2D eigenvalue weighted by Crippen LogP contribution is 2.20. The van der Waals surface area contributed by atoms with Crippen molar-refractivity contribution in [3.8, 4) is 5.75 Å². The minimum Gasteiger partial charge on any atom is -0.487 e. The third kappa shape index (κ3) is 4.83. The monoisotopic (exact) mass is 288 g/mol. The zero-order valence-electron chi connectivity index (χ0n) is 12.5. The van der Waals surface area contributed by atoms with Gasteiger partial charge in [-0.05, 0) is 50.2 Å². The Kier molecular flexibility index (Phi) is 5.69. The van der Waals surface area contributed by atoms with E-state index in [1.165, 1.54) is 12.1 Å². The lowest BCUT2D eigenvalue weighted by atomic mass is 10.2. The molecule has 0 saturated heterocycles.